The van der Waals surface area contributed by atoms with Crippen molar-refractivity contribution in [3.63, 3.8) is 0 Å². The Balaban J connectivity index is 1.38. The van der Waals surface area contributed by atoms with Crippen molar-refractivity contribution in [3.05, 3.63) is 97.1 Å². The number of aromatic nitrogens is 5. The molecule has 0 aliphatic heterocycles. The molecule has 3 heterocycles. The summed E-state index contributed by atoms with van der Waals surface area (Å²) >= 11 is 0. The van der Waals surface area contributed by atoms with E-state index in [1.165, 1.54) is 12.3 Å². The van der Waals surface area contributed by atoms with E-state index in [-0.39, 0.29) is 5.91 Å². The number of hydrogen-bond donors (Lipinski definition) is 2. The minimum absolute atomic E-state index is 0.307. The van der Waals surface area contributed by atoms with E-state index in [1.807, 2.05) is 35.3 Å². The van der Waals surface area contributed by atoms with Crippen LogP contribution in [0.1, 0.15) is 11.1 Å². The second-order valence-electron chi connectivity index (χ2n) is 7.67. The average molecular weight is 461 g/mol. The maximum Gasteiger partial charge on any atom is 0.247 e. The lowest BCUT2D eigenvalue weighted by Gasteiger charge is -2.07. The lowest BCUT2D eigenvalue weighted by Crippen LogP contribution is -2.07. The van der Waals surface area contributed by atoms with Crippen molar-refractivity contribution in [1.29, 1.82) is 5.26 Å². The maximum absolute atomic E-state index is 11.6. The molecule has 3 aromatic heterocycles. The molecule has 0 bridgehead atoms. The summed E-state index contributed by atoms with van der Waals surface area (Å²) in [7, 11) is 0. The molecule has 0 saturated carbocycles. The number of nitrogens with one attached hydrogen (secondary N) is 2. The fourth-order valence-electron chi connectivity index (χ4n) is 3.61. The van der Waals surface area contributed by atoms with E-state index >= 15 is 0 Å². The first-order valence-electron chi connectivity index (χ1n) is 10.7. The minimum atomic E-state index is -0.307. The first-order valence-corrected chi connectivity index (χ1v) is 10.7. The van der Waals surface area contributed by atoms with Gasteiger partial charge in [0, 0.05) is 35.3 Å². The summed E-state index contributed by atoms with van der Waals surface area (Å²) in [6, 6.07) is 16.6. The number of ether oxygens (including phenoxy) is 1. The van der Waals surface area contributed by atoms with Crippen molar-refractivity contribution in [3.8, 4) is 28.8 Å². The molecule has 0 atom stereocenters. The molecule has 2 N–H and O–H groups in total. The first-order chi connectivity index (χ1) is 17.1. The molecule has 0 spiro atoms. The van der Waals surface area contributed by atoms with Crippen LogP contribution in [0.15, 0.2) is 86.0 Å². The number of H-pyrrole nitrogens is 1. The number of nitrogens with zero attached hydrogens (tertiary/aromatic N) is 5. The third-order valence-corrected chi connectivity index (χ3v) is 5.21. The standard InChI is InChI=1S/C26H19N7O2/c1-2-23(34)31-20-7-4-8-21(10-20)35-24-14-29-26-25(32-24)22(13-28-26)19-12-30-33(16-19)15-18-6-3-5-17(9-18)11-27/h2-10,12-14,16H,1,15H2,(H,28,29)(H,31,34). The van der Waals surface area contributed by atoms with Crippen LogP contribution in [-0.2, 0) is 11.3 Å². The Morgan fingerprint density at radius 1 is 1.23 bits per heavy atom. The number of aromatic amines is 1. The van der Waals surface area contributed by atoms with Gasteiger partial charge in [0.1, 0.15) is 11.3 Å². The van der Waals surface area contributed by atoms with Crippen molar-refractivity contribution in [2.45, 2.75) is 6.54 Å². The molecule has 9 heteroatoms. The Labute approximate surface area is 200 Å². The maximum atomic E-state index is 11.6. The van der Waals surface area contributed by atoms with Crippen LogP contribution in [0.25, 0.3) is 22.3 Å². The molecule has 0 aliphatic rings. The highest BCUT2D eigenvalue weighted by atomic mass is 16.5. The molecule has 5 rings (SSSR count). The molecule has 0 fully saturated rings. The van der Waals surface area contributed by atoms with E-state index in [1.54, 1.807) is 36.5 Å². The summed E-state index contributed by atoms with van der Waals surface area (Å²) in [6.07, 6.45) is 8.24. The van der Waals surface area contributed by atoms with E-state index in [4.69, 9.17) is 10.00 Å². The molecule has 170 valence electrons. The number of hydrogen-bond acceptors (Lipinski definition) is 6. The van der Waals surface area contributed by atoms with Gasteiger partial charge in [0.25, 0.3) is 0 Å². The van der Waals surface area contributed by atoms with Gasteiger partial charge in [-0.2, -0.15) is 10.4 Å². The summed E-state index contributed by atoms with van der Waals surface area (Å²) < 4.78 is 7.70. The Bertz CT molecular complexity index is 1590. The predicted molar refractivity (Wildman–Crippen MR) is 131 cm³/mol. The molecule has 0 aliphatic carbocycles. The van der Waals surface area contributed by atoms with Crippen molar-refractivity contribution < 1.29 is 9.53 Å². The fraction of sp³-hybridized carbons (Fsp3) is 0.0385. The van der Waals surface area contributed by atoms with E-state index in [0.29, 0.717) is 40.6 Å². The second-order valence-corrected chi connectivity index (χ2v) is 7.67. The second kappa shape index (κ2) is 9.33. The summed E-state index contributed by atoms with van der Waals surface area (Å²) in [5, 5.41) is 16.3. The minimum Gasteiger partial charge on any atom is -0.437 e. The molecule has 35 heavy (non-hydrogen) atoms. The highest BCUT2D eigenvalue weighted by Gasteiger charge is 2.13. The quantitative estimate of drug-likeness (QED) is 0.340. The van der Waals surface area contributed by atoms with Crippen LogP contribution in [0.4, 0.5) is 5.69 Å². The number of fused-ring (bicyclic) bond motifs is 1. The lowest BCUT2D eigenvalue weighted by atomic mass is 10.1. The van der Waals surface area contributed by atoms with Gasteiger partial charge in [-0.1, -0.05) is 24.8 Å². The number of carbonyl (C=O) groups excluding carboxylic acids is 1. The summed E-state index contributed by atoms with van der Waals surface area (Å²) in [4.78, 5) is 23.7. The topological polar surface area (TPSA) is 122 Å². The summed E-state index contributed by atoms with van der Waals surface area (Å²) in [6.45, 7) is 3.99. The van der Waals surface area contributed by atoms with E-state index in [2.05, 4.69) is 38.0 Å². The molecule has 5 aromatic rings. The Morgan fingerprint density at radius 2 is 2.11 bits per heavy atom. The van der Waals surface area contributed by atoms with Crippen LogP contribution in [0, 0.1) is 11.3 Å². The zero-order valence-corrected chi connectivity index (χ0v) is 18.5. The number of anilines is 1. The molecule has 0 radical (unpaired) electrons. The highest BCUT2D eigenvalue weighted by molar-refractivity contribution is 5.99. The van der Waals surface area contributed by atoms with Gasteiger partial charge in [-0.05, 0) is 35.9 Å². The van der Waals surface area contributed by atoms with Gasteiger partial charge >= 0.3 is 0 Å². The van der Waals surface area contributed by atoms with Gasteiger partial charge < -0.3 is 15.0 Å². The van der Waals surface area contributed by atoms with Gasteiger partial charge in [-0.25, -0.2) is 9.97 Å². The van der Waals surface area contributed by atoms with Gasteiger partial charge in [-0.15, -0.1) is 0 Å². The van der Waals surface area contributed by atoms with Crippen LogP contribution >= 0.6 is 0 Å². The Hall–Kier alpha value is -5.23. The van der Waals surface area contributed by atoms with Crippen LogP contribution in [0.5, 0.6) is 11.6 Å². The van der Waals surface area contributed by atoms with Crippen LogP contribution < -0.4 is 10.1 Å². The first kappa shape index (κ1) is 21.6. The van der Waals surface area contributed by atoms with Crippen LogP contribution in [0.3, 0.4) is 0 Å². The van der Waals surface area contributed by atoms with E-state index in [0.717, 1.165) is 16.7 Å². The highest BCUT2D eigenvalue weighted by Crippen LogP contribution is 2.29. The zero-order chi connectivity index (χ0) is 24.2. The van der Waals surface area contributed by atoms with Crippen molar-refractivity contribution in [1.82, 2.24) is 24.7 Å². The van der Waals surface area contributed by atoms with Crippen LogP contribution in [-0.4, -0.2) is 30.6 Å². The largest absolute Gasteiger partial charge is 0.437 e. The monoisotopic (exact) mass is 461 g/mol. The molecule has 2 aromatic carbocycles. The van der Waals surface area contributed by atoms with Crippen LogP contribution in [0.2, 0.25) is 0 Å². The average Bonchev–Trinajstić information content (AvgIpc) is 3.51. The Kier molecular flexibility index (Phi) is 5.76. The number of rotatable bonds is 7. The number of amides is 1. The molecular weight excluding hydrogens is 442 g/mol. The molecule has 0 unspecified atom stereocenters. The summed E-state index contributed by atoms with van der Waals surface area (Å²) in [5.74, 6) is 0.509. The van der Waals surface area contributed by atoms with Crippen molar-refractivity contribution in [2.75, 3.05) is 5.32 Å². The number of nitriles is 1. The number of carbonyl (C=O) groups is 1. The number of benzene rings is 2. The predicted octanol–water partition coefficient (Wildman–Crippen LogP) is 4.66. The molecular formula is C26H19N7O2. The SMILES string of the molecule is C=CC(=O)Nc1cccc(Oc2cnc3[nH]cc(-c4cnn(Cc5cccc(C#N)c5)c4)c3n2)c1. The van der Waals surface area contributed by atoms with Gasteiger partial charge in [0.05, 0.1) is 30.6 Å². The third kappa shape index (κ3) is 4.77. The van der Waals surface area contributed by atoms with Gasteiger partial charge in [-0.3, -0.25) is 9.48 Å². The van der Waals surface area contributed by atoms with Gasteiger partial charge in [0.15, 0.2) is 5.65 Å². The van der Waals surface area contributed by atoms with E-state index in [9.17, 15) is 4.79 Å². The molecule has 9 nitrogen and oxygen atoms in total. The normalized spacial score (nSPS) is 10.6. The smallest absolute Gasteiger partial charge is 0.247 e. The van der Waals surface area contributed by atoms with Gasteiger partial charge in [0.2, 0.25) is 11.8 Å². The fourth-order valence-corrected chi connectivity index (χ4v) is 3.61. The summed E-state index contributed by atoms with van der Waals surface area (Å²) in [5.41, 5.74) is 5.15. The van der Waals surface area contributed by atoms with E-state index < -0.39 is 0 Å². The molecule has 1 amide bonds. The Morgan fingerprint density at radius 3 is 2.97 bits per heavy atom. The van der Waals surface area contributed by atoms with Crippen molar-refractivity contribution in [2.24, 2.45) is 0 Å². The zero-order valence-electron chi connectivity index (χ0n) is 18.5. The molecule has 0 saturated heterocycles. The van der Waals surface area contributed by atoms with Crippen molar-refractivity contribution >= 4 is 22.8 Å². The third-order valence-electron chi connectivity index (χ3n) is 5.21. The lowest BCUT2D eigenvalue weighted by molar-refractivity contribution is -0.111.